The van der Waals surface area contributed by atoms with Crippen molar-refractivity contribution in [3.63, 3.8) is 0 Å². The van der Waals surface area contributed by atoms with E-state index in [2.05, 4.69) is 31.1 Å². The van der Waals surface area contributed by atoms with Crippen molar-refractivity contribution in [2.75, 3.05) is 6.54 Å². The predicted octanol–water partition coefficient (Wildman–Crippen LogP) is 3.07. The molecule has 0 bridgehead atoms. The number of hydrogen-bond acceptors (Lipinski definition) is 3. The summed E-state index contributed by atoms with van der Waals surface area (Å²) in [6.07, 6.45) is 1.71. The Labute approximate surface area is 124 Å². The molecule has 0 aliphatic carbocycles. The van der Waals surface area contributed by atoms with Crippen molar-refractivity contribution in [2.24, 2.45) is 5.92 Å². The molecular formula is C17H20N2O2. The first-order valence-corrected chi connectivity index (χ1v) is 7.45. The number of rotatable bonds is 3. The first-order chi connectivity index (χ1) is 10.1. The molecule has 1 aromatic carbocycles. The van der Waals surface area contributed by atoms with E-state index >= 15 is 0 Å². The number of benzene rings is 1. The van der Waals surface area contributed by atoms with E-state index in [4.69, 9.17) is 4.52 Å². The number of aromatic nitrogens is 1. The summed E-state index contributed by atoms with van der Waals surface area (Å²) in [6, 6.07) is 10.1. The Balaban J connectivity index is 1.73. The van der Waals surface area contributed by atoms with E-state index in [1.54, 1.807) is 6.07 Å². The molecular weight excluding hydrogens is 264 g/mol. The fraction of sp³-hybridized carbons (Fsp3) is 0.412. The molecule has 4 nitrogen and oxygen atoms in total. The second-order valence-electron chi connectivity index (χ2n) is 6.02. The zero-order valence-corrected chi connectivity index (χ0v) is 12.5. The fourth-order valence-corrected chi connectivity index (χ4v) is 2.74. The maximum Gasteiger partial charge on any atom is 0.276 e. The third kappa shape index (κ3) is 2.99. The summed E-state index contributed by atoms with van der Waals surface area (Å²) < 4.78 is 5.26. The van der Waals surface area contributed by atoms with Gasteiger partial charge in [-0.15, -0.1) is 0 Å². The molecule has 1 aliphatic heterocycles. The van der Waals surface area contributed by atoms with E-state index in [9.17, 15) is 4.79 Å². The molecule has 1 amide bonds. The summed E-state index contributed by atoms with van der Waals surface area (Å²) in [5, 5.41) is 3.93. The maximum atomic E-state index is 12.5. The van der Waals surface area contributed by atoms with Gasteiger partial charge < -0.3 is 9.42 Å². The van der Waals surface area contributed by atoms with E-state index in [1.807, 2.05) is 17.0 Å². The van der Waals surface area contributed by atoms with Crippen LogP contribution in [0.1, 0.15) is 41.2 Å². The Morgan fingerprint density at radius 2 is 2.10 bits per heavy atom. The highest BCUT2D eigenvalue weighted by Gasteiger charge is 2.24. The van der Waals surface area contributed by atoms with Crippen LogP contribution in [0.5, 0.6) is 0 Å². The van der Waals surface area contributed by atoms with Crippen LogP contribution in [0.15, 0.2) is 34.9 Å². The van der Waals surface area contributed by atoms with Crippen LogP contribution in [0.4, 0.5) is 0 Å². The number of carbonyl (C=O) groups excluding carboxylic acids is 1. The lowest BCUT2D eigenvalue weighted by molar-refractivity contribution is 0.0724. The molecule has 1 aromatic heterocycles. The topological polar surface area (TPSA) is 46.3 Å². The van der Waals surface area contributed by atoms with Gasteiger partial charge in [0.2, 0.25) is 0 Å². The molecule has 0 spiro atoms. The Bertz CT molecular complexity index is 646. The molecule has 21 heavy (non-hydrogen) atoms. The Morgan fingerprint density at radius 1 is 1.33 bits per heavy atom. The van der Waals surface area contributed by atoms with Crippen molar-refractivity contribution in [2.45, 2.75) is 33.2 Å². The number of amides is 1. The van der Waals surface area contributed by atoms with Crippen molar-refractivity contribution in [3.05, 3.63) is 52.9 Å². The second kappa shape index (κ2) is 5.72. The monoisotopic (exact) mass is 284 g/mol. The van der Waals surface area contributed by atoms with Gasteiger partial charge in [-0.2, -0.15) is 0 Å². The van der Waals surface area contributed by atoms with Crippen molar-refractivity contribution in [1.82, 2.24) is 10.1 Å². The lowest BCUT2D eigenvalue weighted by Crippen LogP contribution is -2.36. The lowest BCUT2D eigenvalue weighted by Gasteiger charge is -2.28. The number of nitrogens with zero attached hydrogens (tertiary/aromatic N) is 2. The highest BCUT2D eigenvalue weighted by Crippen LogP contribution is 2.20. The molecule has 0 N–H and O–H groups in total. The minimum Gasteiger partial charge on any atom is -0.361 e. The first-order valence-electron chi connectivity index (χ1n) is 7.45. The van der Waals surface area contributed by atoms with Crippen LogP contribution in [0.25, 0.3) is 0 Å². The minimum absolute atomic E-state index is 0.0386. The van der Waals surface area contributed by atoms with Crippen molar-refractivity contribution >= 4 is 5.91 Å². The van der Waals surface area contributed by atoms with E-state index in [0.717, 1.165) is 25.1 Å². The molecule has 4 heteroatoms. The van der Waals surface area contributed by atoms with Crippen molar-refractivity contribution < 1.29 is 9.32 Å². The van der Waals surface area contributed by atoms with Gasteiger partial charge in [0.25, 0.3) is 5.91 Å². The Hall–Kier alpha value is -2.10. The molecule has 110 valence electrons. The van der Waals surface area contributed by atoms with Gasteiger partial charge in [-0.05, 0) is 23.5 Å². The minimum atomic E-state index is -0.0386. The van der Waals surface area contributed by atoms with Gasteiger partial charge >= 0.3 is 0 Å². The van der Waals surface area contributed by atoms with Crippen LogP contribution in [-0.4, -0.2) is 22.5 Å². The molecule has 0 saturated carbocycles. The molecule has 0 fully saturated rings. The summed E-state index contributed by atoms with van der Waals surface area (Å²) in [4.78, 5) is 14.4. The summed E-state index contributed by atoms with van der Waals surface area (Å²) in [6.45, 7) is 5.63. The normalized spacial score (nSPS) is 14.3. The van der Waals surface area contributed by atoms with Crippen LogP contribution in [0.3, 0.4) is 0 Å². The first kappa shape index (κ1) is 13.9. The largest absolute Gasteiger partial charge is 0.361 e. The highest BCUT2D eigenvalue weighted by molar-refractivity contribution is 5.92. The average Bonchev–Trinajstić information content (AvgIpc) is 2.93. The third-order valence-corrected chi connectivity index (χ3v) is 3.81. The van der Waals surface area contributed by atoms with Crippen LogP contribution < -0.4 is 0 Å². The van der Waals surface area contributed by atoms with Gasteiger partial charge in [-0.25, -0.2) is 0 Å². The van der Waals surface area contributed by atoms with Crippen LogP contribution in [0, 0.1) is 5.92 Å². The van der Waals surface area contributed by atoms with Gasteiger partial charge in [0.05, 0.1) is 0 Å². The summed E-state index contributed by atoms with van der Waals surface area (Å²) >= 11 is 0. The number of fused-ring (bicyclic) bond motifs is 1. The molecule has 0 radical (unpaired) electrons. The molecule has 0 saturated heterocycles. The Morgan fingerprint density at radius 3 is 2.86 bits per heavy atom. The van der Waals surface area contributed by atoms with Crippen LogP contribution in [-0.2, 0) is 19.4 Å². The SMILES string of the molecule is CC(C)Cc1cc(C(=O)N2CCc3ccccc3C2)no1. The second-order valence-corrected chi connectivity index (χ2v) is 6.02. The predicted molar refractivity (Wildman–Crippen MR) is 79.9 cm³/mol. The fourth-order valence-electron chi connectivity index (χ4n) is 2.74. The molecule has 0 unspecified atom stereocenters. The van der Waals surface area contributed by atoms with Crippen molar-refractivity contribution in [3.8, 4) is 0 Å². The molecule has 3 rings (SSSR count). The highest BCUT2D eigenvalue weighted by atomic mass is 16.5. The summed E-state index contributed by atoms with van der Waals surface area (Å²) in [5.41, 5.74) is 2.98. The third-order valence-electron chi connectivity index (χ3n) is 3.81. The average molecular weight is 284 g/mol. The van der Waals surface area contributed by atoms with E-state index < -0.39 is 0 Å². The van der Waals surface area contributed by atoms with Crippen LogP contribution in [0.2, 0.25) is 0 Å². The lowest BCUT2D eigenvalue weighted by atomic mass is 10.00. The summed E-state index contributed by atoms with van der Waals surface area (Å²) in [5.74, 6) is 1.23. The molecule has 1 aliphatic rings. The van der Waals surface area contributed by atoms with E-state index in [1.165, 1.54) is 11.1 Å². The van der Waals surface area contributed by atoms with Crippen LogP contribution >= 0.6 is 0 Å². The van der Waals surface area contributed by atoms with Gasteiger partial charge in [0.15, 0.2) is 5.69 Å². The molecule has 2 aromatic rings. The van der Waals surface area contributed by atoms with E-state index in [-0.39, 0.29) is 5.91 Å². The molecule has 2 heterocycles. The Kier molecular flexibility index (Phi) is 3.78. The standard InChI is InChI=1S/C17H20N2O2/c1-12(2)9-15-10-16(18-21-15)17(20)19-8-7-13-5-3-4-6-14(13)11-19/h3-6,10,12H,7-9,11H2,1-2H3. The smallest absolute Gasteiger partial charge is 0.276 e. The van der Waals surface area contributed by atoms with Crippen molar-refractivity contribution in [1.29, 1.82) is 0 Å². The summed E-state index contributed by atoms with van der Waals surface area (Å²) in [7, 11) is 0. The van der Waals surface area contributed by atoms with Gasteiger partial charge in [-0.1, -0.05) is 43.3 Å². The quantitative estimate of drug-likeness (QED) is 0.870. The van der Waals surface area contributed by atoms with Gasteiger partial charge in [0.1, 0.15) is 5.76 Å². The number of hydrogen-bond donors (Lipinski definition) is 0. The zero-order valence-electron chi connectivity index (χ0n) is 12.5. The maximum absolute atomic E-state index is 12.5. The van der Waals surface area contributed by atoms with Gasteiger partial charge in [0, 0.05) is 25.6 Å². The number of carbonyl (C=O) groups is 1. The zero-order chi connectivity index (χ0) is 14.8. The molecule has 0 atom stereocenters. The van der Waals surface area contributed by atoms with Gasteiger partial charge in [-0.3, -0.25) is 4.79 Å². The van der Waals surface area contributed by atoms with E-state index in [0.29, 0.717) is 18.2 Å².